The van der Waals surface area contributed by atoms with Crippen LogP contribution in [0.15, 0.2) is 30.5 Å². The minimum Gasteiger partial charge on any atom is -0.508 e. The molecule has 1 aromatic rings. The third-order valence-electron chi connectivity index (χ3n) is 2.70. The minimum absolute atomic E-state index is 0.176. The van der Waals surface area contributed by atoms with E-state index in [9.17, 15) is 9.90 Å². The Kier molecular flexibility index (Phi) is 3.88. The highest BCUT2D eigenvalue weighted by Crippen LogP contribution is 2.25. The van der Waals surface area contributed by atoms with Crippen molar-refractivity contribution in [2.75, 3.05) is 13.2 Å². The van der Waals surface area contributed by atoms with E-state index in [2.05, 4.69) is 0 Å². The van der Waals surface area contributed by atoms with E-state index in [1.54, 1.807) is 35.4 Å². The standard InChI is InChI=1S/C15H19NO4/c1-15(2,3)20-14(18)16-8-9-19-10-13(16)11-4-6-12(17)7-5-11/h4-7,10,17H,8-9H2,1-3H3. The highest BCUT2D eigenvalue weighted by Gasteiger charge is 2.27. The van der Waals surface area contributed by atoms with Crippen LogP contribution < -0.4 is 0 Å². The molecule has 0 atom stereocenters. The lowest BCUT2D eigenvalue weighted by Crippen LogP contribution is -2.39. The fourth-order valence-electron chi connectivity index (χ4n) is 1.83. The number of nitrogens with zero attached hydrogens (tertiary/aromatic N) is 1. The summed E-state index contributed by atoms with van der Waals surface area (Å²) in [6.45, 7) is 6.35. The molecule has 5 nitrogen and oxygen atoms in total. The highest BCUT2D eigenvalue weighted by atomic mass is 16.6. The van der Waals surface area contributed by atoms with Crippen LogP contribution in [0.5, 0.6) is 5.75 Å². The SMILES string of the molecule is CC(C)(C)OC(=O)N1CCOC=C1c1ccc(O)cc1. The van der Waals surface area contributed by atoms with Gasteiger partial charge in [-0.1, -0.05) is 0 Å². The molecule has 0 spiro atoms. The Labute approximate surface area is 118 Å². The number of phenols is 1. The third-order valence-corrected chi connectivity index (χ3v) is 2.70. The van der Waals surface area contributed by atoms with E-state index >= 15 is 0 Å². The first kappa shape index (κ1) is 14.2. The number of carbonyl (C=O) groups is 1. The van der Waals surface area contributed by atoms with Crippen LogP contribution in [0.1, 0.15) is 26.3 Å². The second-order valence-corrected chi connectivity index (χ2v) is 5.55. The zero-order valence-corrected chi connectivity index (χ0v) is 11.9. The van der Waals surface area contributed by atoms with E-state index in [-0.39, 0.29) is 5.75 Å². The maximum Gasteiger partial charge on any atom is 0.415 e. The van der Waals surface area contributed by atoms with Crippen LogP contribution in [0, 0.1) is 0 Å². The van der Waals surface area contributed by atoms with Crippen LogP contribution in [0.4, 0.5) is 4.79 Å². The first-order valence-corrected chi connectivity index (χ1v) is 6.48. The van der Waals surface area contributed by atoms with Gasteiger partial charge in [0.1, 0.15) is 24.2 Å². The summed E-state index contributed by atoms with van der Waals surface area (Å²) >= 11 is 0. The zero-order valence-electron chi connectivity index (χ0n) is 11.9. The number of hydrogen-bond donors (Lipinski definition) is 1. The number of benzene rings is 1. The Morgan fingerprint density at radius 2 is 1.95 bits per heavy atom. The fraction of sp³-hybridized carbons (Fsp3) is 0.400. The maximum atomic E-state index is 12.2. The van der Waals surface area contributed by atoms with Crippen molar-refractivity contribution in [2.45, 2.75) is 26.4 Å². The molecule has 0 fully saturated rings. The van der Waals surface area contributed by atoms with E-state index in [1.807, 2.05) is 20.8 Å². The summed E-state index contributed by atoms with van der Waals surface area (Å²) in [6.07, 6.45) is 1.14. The van der Waals surface area contributed by atoms with Crippen molar-refractivity contribution < 1.29 is 19.4 Å². The van der Waals surface area contributed by atoms with Gasteiger partial charge in [-0.25, -0.2) is 4.79 Å². The molecule has 1 aliphatic heterocycles. The average molecular weight is 277 g/mol. The van der Waals surface area contributed by atoms with Gasteiger partial charge in [-0.05, 0) is 45.0 Å². The summed E-state index contributed by atoms with van der Waals surface area (Å²) in [5, 5.41) is 9.33. The Bertz CT molecular complexity index is 514. The van der Waals surface area contributed by atoms with Crippen LogP contribution in [0.2, 0.25) is 0 Å². The van der Waals surface area contributed by atoms with Crippen molar-refractivity contribution in [1.82, 2.24) is 4.90 Å². The van der Waals surface area contributed by atoms with Gasteiger partial charge in [-0.2, -0.15) is 0 Å². The molecule has 0 saturated carbocycles. The molecule has 0 aromatic heterocycles. The quantitative estimate of drug-likeness (QED) is 0.857. The number of phenolic OH excluding ortho intramolecular Hbond substituents is 1. The molecule has 5 heteroatoms. The van der Waals surface area contributed by atoms with Crippen LogP contribution in [0.3, 0.4) is 0 Å². The molecular weight excluding hydrogens is 258 g/mol. The summed E-state index contributed by atoms with van der Waals surface area (Å²) in [7, 11) is 0. The fourth-order valence-corrected chi connectivity index (χ4v) is 1.83. The number of amides is 1. The van der Waals surface area contributed by atoms with Crippen molar-refractivity contribution in [2.24, 2.45) is 0 Å². The van der Waals surface area contributed by atoms with Gasteiger partial charge in [0.25, 0.3) is 0 Å². The molecular formula is C15H19NO4. The zero-order chi connectivity index (χ0) is 14.8. The Morgan fingerprint density at radius 1 is 1.30 bits per heavy atom. The molecule has 0 aliphatic carbocycles. The monoisotopic (exact) mass is 277 g/mol. The van der Waals surface area contributed by atoms with E-state index in [0.29, 0.717) is 18.8 Å². The van der Waals surface area contributed by atoms with Gasteiger partial charge in [0.05, 0.1) is 12.2 Å². The minimum atomic E-state index is -0.546. The van der Waals surface area contributed by atoms with Crippen molar-refractivity contribution >= 4 is 11.8 Å². The van der Waals surface area contributed by atoms with E-state index in [4.69, 9.17) is 9.47 Å². The van der Waals surface area contributed by atoms with E-state index in [0.717, 1.165) is 5.56 Å². The molecule has 0 unspecified atom stereocenters. The van der Waals surface area contributed by atoms with Crippen molar-refractivity contribution in [1.29, 1.82) is 0 Å². The van der Waals surface area contributed by atoms with Gasteiger partial charge < -0.3 is 14.6 Å². The van der Waals surface area contributed by atoms with Gasteiger partial charge in [0, 0.05) is 5.56 Å². The lowest BCUT2D eigenvalue weighted by molar-refractivity contribution is 0.0296. The number of rotatable bonds is 1. The first-order valence-electron chi connectivity index (χ1n) is 6.48. The highest BCUT2D eigenvalue weighted by molar-refractivity contribution is 5.82. The Balaban J connectivity index is 2.23. The first-order chi connectivity index (χ1) is 9.37. The molecule has 1 N–H and O–H groups in total. The molecule has 1 aliphatic rings. The maximum absolute atomic E-state index is 12.2. The number of ether oxygens (including phenoxy) is 2. The van der Waals surface area contributed by atoms with Gasteiger partial charge in [0.15, 0.2) is 0 Å². The van der Waals surface area contributed by atoms with E-state index in [1.165, 1.54) is 0 Å². The lowest BCUT2D eigenvalue weighted by atomic mass is 10.1. The van der Waals surface area contributed by atoms with Crippen molar-refractivity contribution in [3.63, 3.8) is 0 Å². The van der Waals surface area contributed by atoms with Crippen molar-refractivity contribution in [3.05, 3.63) is 36.1 Å². The lowest BCUT2D eigenvalue weighted by Gasteiger charge is -2.31. The molecule has 1 heterocycles. The summed E-state index contributed by atoms with van der Waals surface area (Å²) in [4.78, 5) is 13.8. The average Bonchev–Trinajstić information content (AvgIpc) is 2.38. The van der Waals surface area contributed by atoms with Crippen molar-refractivity contribution in [3.8, 4) is 5.75 Å². The second-order valence-electron chi connectivity index (χ2n) is 5.55. The molecule has 1 amide bonds. The van der Waals surface area contributed by atoms with Gasteiger partial charge in [0.2, 0.25) is 0 Å². The van der Waals surface area contributed by atoms with Crippen LogP contribution in [-0.4, -0.2) is 34.9 Å². The van der Waals surface area contributed by atoms with E-state index < -0.39 is 11.7 Å². The van der Waals surface area contributed by atoms with Crippen LogP contribution in [-0.2, 0) is 9.47 Å². The number of carbonyl (C=O) groups excluding carboxylic acids is 1. The van der Waals surface area contributed by atoms with Gasteiger partial charge in [-0.3, -0.25) is 4.90 Å². The predicted molar refractivity (Wildman–Crippen MR) is 75.0 cm³/mol. The predicted octanol–water partition coefficient (Wildman–Crippen LogP) is 2.96. The number of hydrogen-bond acceptors (Lipinski definition) is 4. The summed E-state index contributed by atoms with van der Waals surface area (Å²) in [5.41, 5.74) is 0.869. The molecule has 108 valence electrons. The third kappa shape index (κ3) is 3.44. The summed E-state index contributed by atoms with van der Waals surface area (Å²) in [5.74, 6) is 0.176. The smallest absolute Gasteiger partial charge is 0.415 e. The Morgan fingerprint density at radius 3 is 2.55 bits per heavy atom. The molecule has 0 saturated heterocycles. The number of aromatic hydroxyl groups is 1. The van der Waals surface area contributed by atoms with Gasteiger partial charge >= 0.3 is 6.09 Å². The largest absolute Gasteiger partial charge is 0.508 e. The summed E-state index contributed by atoms with van der Waals surface area (Å²) in [6, 6.07) is 6.59. The molecule has 1 aromatic carbocycles. The summed E-state index contributed by atoms with van der Waals surface area (Å²) < 4.78 is 10.7. The second kappa shape index (κ2) is 5.45. The molecule has 0 radical (unpaired) electrons. The molecule has 20 heavy (non-hydrogen) atoms. The van der Waals surface area contributed by atoms with Gasteiger partial charge in [-0.15, -0.1) is 0 Å². The van der Waals surface area contributed by atoms with Crippen LogP contribution >= 0.6 is 0 Å². The molecule has 2 rings (SSSR count). The van der Waals surface area contributed by atoms with Crippen LogP contribution in [0.25, 0.3) is 5.70 Å². The Hall–Kier alpha value is -2.17. The topological polar surface area (TPSA) is 59.0 Å². The normalized spacial score (nSPS) is 15.3. The molecule has 0 bridgehead atoms.